The first-order valence-corrected chi connectivity index (χ1v) is 9.65. The number of nitrogens with two attached hydrogens (primary N) is 1. The molecule has 13 heteroatoms. The van der Waals surface area contributed by atoms with Gasteiger partial charge in [-0.05, 0) is 13.0 Å². The minimum atomic E-state index is -4.77. The van der Waals surface area contributed by atoms with Crippen LogP contribution in [0, 0.1) is 0 Å². The second-order valence-corrected chi connectivity index (χ2v) is 7.71. The van der Waals surface area contributed by atoms with E-state index in [2.05, 4.69) is 14.5 Å². The van der Waals surface area contributed by atoms with Crippen molar-refractivity contribution in [1.82, 2.24) is 14.5 Å². The zero-order valence-electron chi connectivity index (χ0n) is 15.0. The van der Waals surface area contributed by atoms with Gasteiger partial charge in [0.2, 0.25) is 0 Å². The first kappa shape index (κ1) is 20.7. The molecule has 4 atom stereocenters. The van der Waals surface area contributed by atoms with E-state index in [0.29, 0.717) is 16.6 Å². The van der Waals surface area contributed by atoms with Gasteiger partial charge >= 0.3 is 7.82 Å². The molecule has 0 bridgehead atoms. The van der Waals surface area contributed by atoms with Crippen LogP contribution in [0.2, 0.25) is 0 Å². The molecule has 1 aliphatic rings. The van der Waals surface area contributed by atoms with Gasteiger partial charge in [-0.1, -0.05) is 0 Å². The number of nitrogen functional groups attached to an aromatic ring is 1. The number of rotatable bonds is 6. The molecule has 0 radical (unpaired) electrons. The Hall–Kier alpha value is -2.05. The van der Waals surface area contributed by atoms with E-state index in [0.717, 1.165) is 0 Å². The molecule has 0 unspecified atom stereocenters. The van der Waals surface area contributed by atoms with E-state index in [1.807, 2.05) is 0 Å². The quantitative estimate of drug-likeness (QED) is 0.309. The third-order valence-corrected chi connectivity index (χ3v) is 4.95. The SMILES string of the molecule is CO/C=C\c1cn([C@@H]2O[C@H](COP(=O)(O)O)[C@@H](O)[C@@]2(C)O)c2ncnc(N)c12. The van der Waals surface area contributed by atoms with E-state index >= 15 is 0 Å². The Balaban J connectivity index is 2.03. The molecular formula is C15H21N4O8P. The van der Waals surface area contributed by atoms with E-state index < -0.39 is 38.5 Å². The molecule has 3 heterocycles. The fourth-order valence-electron chi connectivity index (χ4n) is 3.13. The Morgan fingerprint density at radius 3 is 2.82 bits per heavy atom. The lowest BCUT2D eigenvalue weighted by molar-refractivity contribution is -0.0947. The normalized spacial score (nSPS) is 28.4. The average Bonchev–Trinajstić information content (AvgIpc) is 3.08. The molecule has 2 aromatic heterocycles. The summed E-state index contributed by atoms with van der Waals surface area (Å²) >= 11 is 0. The Morgan fingerprint density at radius 1 is 1.46 bits per heavy atom. The lowest BCUT2D eigenvalue weighted by Gasteiger charge is -2.27. The molecule has 1 fully saturated rings. The number of aromatic nitrogens is 3. The summed E-state index contributed by atoms with van der Waals surface area (Å²) in [6, 6.07) is 0. The van der Waals surface area contributed by atoms with E-state index in [-0.39, 0.29) is 5.82 Å². The third kappa shape index (κ3) is 3.76. The molecule has 28 heavy (non-hydrogen) atoms. The van der Waals surface area contributed by atoms with Crippen molar-refractivity contribution in [2.75, 3.05) is 19.5 Å². The molecule has 0 aromatic carbocycles. The van der Waals surface area contributed by atoms with E-state index in [4.69, 9.17) is 25.0 Å². The van der Waals surface area contributed by atoms with Crippen LogP contribution in [-0.4, -0.2) is 66.1 Å². The second-order valence-electron chi connectivity index (χ2n) is 6.47. The predicted octanol–water partition coefficient (Wildman–Crippen LogP) is -0.251. The Kier molecular flexibility index (Phi) is 5.47. The number of methoxy groups -OCH3 is 1. The molecule has 1 aliphatic heterocycles. The van der Waals surface area contributed by atoms with Crippen LogP contribution in [0.1, 0.15) is 18.7 Å². The number of anilines is 1. The number of aliphatic hydroxyl groups is 2. The first-order chi connectivity index (χ1) is 13.1. The van der Waals surface area contributed by atoms with Crippen LogP contribution in [0.5, 0.6) is 0 Å². The molecule has 0 spiro atoms. The summed E-state index contributed by atoms with van der Waals surface area (Å²) in [7, 11) is -3.30. The second kappa shape index (κ2) is 7.41. The van der Waals surface area contributed by atoms with Gasteiger partial charge in [-0.2, -0.15) is 0 Å². The zero-order valence-corrected chi connectivity index (χ0v) is 15.9. The Bertz CT molecular complexity index is 940. The maximum absolute atomic E-state index is 10.9. The van der Waals surface area contributed by atoms with Crippen LogP contribution in [0.15, 0.2) is 18.8 Å². The molecule has 2 aromatic rings. The first-order valence-electron chi connectivity index (χ1n) is 8.12. The Labute approximate surface area is 159 Å². The maximum Gasteiger partial charge on any atom is 0.469 e. The van der Waals surface area contributed by atoms with Gasteiger partial charge in [-0.3, -0.25) is 4.52 Å². The summed E-state index contributed by atoms with van der Waals surface area (Å²) in [5, 5.41) is 21.7. The van der Waals surface area contributed by atoms with Gasteiger partial charge in [-0.25, -0.2) is 14.5 Å². The lowest BCUT2D eigenvalue weighted by atomic mass is 9.96. The van der Waals surface area contributed by atoms with Crippen molar-refractivity contribution in [1.29, 1.82) is 0 Å². The summed E-state index contributed by atoms with van der Waals surface area (Å²) in [5.74, 6) is 0.194. The third-order valence-electron chi connectivity index (χ3n) is 4.47. The van der Waals surface area contributed by atoms with Crippen molar-refractivity contribution in [2.45, 2.75) is 31.0 Å². The van der Waals surface area contributed by atoms with Crippen molar-refractivity contribution < 1.29 is 38.6 Å². The summed E-state index contributed by atoms with van der Waals surface area (Å²) in [6.45, 7) is 0.714. The van der Waals surface area contributed by atoms with Crippen LogP contribution in [0.25, 0.3) is 17.1 Å². The molecule has 1 saturated heterocycles. The monoisotopic (exact) mass is 416 g/mol. The number of aliphatic hydroxyl groups excluding tert-OH is 1. The molecule has 154 valence electrons. The maximum atomic E-state index is 10.9. The Morgan fingerprint density at radius 2 is 2.18 bits per heavy atom. The van der Waals surface area contributed by atoms with Gasteiger partial charge in [0.15, 0.2) is 6.23 Å². The number of ether oxygens (including phenoxy) is 2. The van der Waals surface area contributed by atoms with Crippen LogP contribution in [-0.2, 0) is 18.6 Å². The van der Waals surface area contributed by atoms with Gasteiger partial charge in [0, 0.05) is 11.8 Å². The molecular weight excluding hydrogens is 395 g/mol. The molecule has 6 N–H and O–H groups in total. The molecule has 12 nitrogen and oxygen atoms in total. The van der Waals surface area contributed by atoms with Gasteiger partial charge in [0.1, 0.15) is 35.6 Å². The van der Waals surface area contributed by atoms with Crippen molar-refractivity contribution in [3.05, 3.63) is 24.3 Å². The van der Waals surface area contributed by atoms with E-state index in [1.165, 1.54) is 31.2 Å². The van der Waals surface area contributed by atoms with Crippen LogP contribution >= 0.6 is 7.82 Å². The summed E-state index contributed by atoms with van der Waals surface area (Å²) in [5.41, 5.74) is 5.05. The molecule has 3 rings (SSSR count). The van der Waals surface area contributed by atoms with Gasteiger partial charge in [-0.15, -0.1) is 0 Å². The highest BCUT2D eigenvalue weighted by Crippen LogP contribution is 2.43. The van der Waals surface area contributed by atoms with Crippen LogP contribution in [0.4, 0.5) is 5.82 Å². The van der Waals surface area contributed by atoms with Gasteiger partial charge < -0.3 is 39.8 Å². The molecule has 0 amide bonds. The van der Waals surface area contributed by atoms with Crippen molar-refractivity contribution in [3.8, 4) is 0 Å². The number of fused-ring (bicyclic) bond motifs is 1. The van der Waals surface area contributed by atoms with Crippen LogP contribution < -0.4 is 5.73 Å². The van der Waals surface area contributed by atoms with E-state index in [1.54, 1.807) is 12.3 Å². The zero-order chi connectivity index (χ0) is 20.7. The van der Waals surface area contributed by atoms with Crippen molar-refractivity contribution in [2.24, 2.45) is 0 Å². The van der Waals surface area contributed by atoms with Crippen molar-refractivity contribution in [3.63, 3.8) is 0 Å². The van der Waals surface area contributed by atoms with Gasteiger partial charge in [0.05, 0.1) is 25.4 Å². The van der Waals surface area contributed by atoms with Crippen molar-refractivity contribution >= 4 is 30.7 Å². The predicted molar refractivity (Wildman–Crippen MR) is 96.5 cm³/mol. The number of phosphoric ester groups is 1. The standard InChI is InChI=1S/C15H21N4O8P/c1-15(21)11(20)9(6-26-28(22,23)24)27-14(15)19-5-8(3-4-25-2)10-12(16)17-7-18-13(10)19/h3-5,7,9,11,14,20-21H,6H2,1-2H3,(H2,16,17,18)(H2,22,23,24)/b4-3-/t9-,11-,14-,15-/m1/s1. The lowest BCUT2D eigenvalue weighted by Crippen LogP contribution is -2.44. The summed E-state index contributed by atoms with van der Waals surface area (Å²) < 4.78 is 27.4. The number of hydrogen-bond acceptors (Lipinski definition) is 9. The summed E-state index contributed by atoms with van der Waals surface area (Å²) in [6.07, 6.45) is 2.04. The number of hydrogen-bond donors (Lipinski definition) is 5. The number of nitrogens with zero attached hydrogens (tertiary/aromatic N) is 3. The smallest absolute Gasteiger partial charge is 0.469 e. The highest BCUT2D eigenvalue weighted by molar-refractivity contribution is 7.46. The topological polar surface area (TPSA) is 182 Å². The van der Waals surface area contributed by atoms with Gasteiger partial charge in [0.25, 0.3) is 0 Å². The minimum absolute atomic E-state index is 0.194. The fraction of sp³-hybridized carbons (Fsp3) is 0.467. The van der Waals surface area contributed by atoms with Crippen LogP contribution in [0.3, 0.4) is 0 Å². The highest BCUT2D eigenvalue weighted by atomic mass is 31.2. The summed E-state index contributed by atoms with van der Waals surface area (Å²) in [4.78, 5) is 25.9. The largest absolute Gasteiger partial charge is 0.504 e. The average molecular weight is 416 g/mol. The highest BCUT2D eigenvalue weighted by Gasteiger charge is 2.54. The van der Waals surface area contributed by atoms with E-state index in [9.17, 15) is 14.8 Å². The fourth-order valence-corrected chi connectivity index (χ4v) is 3.47. The minimum Gasteiger partial charge on any atom is -0.504 e. The number of phosphoric acid groups is 1. The molecule has 0 aliphatic carbocycles. The molecule has 0 saturated carbocycles.